The number of hydrogen-bond donors (Lipinski definition) is 0. The minimum atomic E-state index is 0.573. The van der Waals surface area contributed by atoms with Crippen molar-refractivity contribution in [1.82, 2.24) is 4.98 Å². The van der Waals surface area contributed by atoms with Gasteiger partial charge in [0.05, 0.1) is 20.9 Å². The van der Waals surface area contributed by atoms with Gasteiger partial charge in [0.25, 0.3) is 0 Å². The molecule has 2 aromatic rings. The maximum Gasteiger partial charge on any atom is 0.205 e. The van der Waals surface area contributed by atoms with Gasteiger partial charge in [-0.2, -0.15) is 0 Å². The molecule has 2 heterocycles. The van der Waals surface area contributed by atoms with Crippen molar-refractivity contribution < 1.29 is 0 Å². The first-order chi connectivity index (χ1) is 6.79. The van der Waals surface area contributed by atoms with Crippen molar-refractivity contribution in [2.45, 2.75) is 0 Å². The van der Waals surface area contributed by atoms with Crippen LogP contribution in [0.5, 0.6) is 0 Å². The summed E-state index contributed by atoms with van der Waals surface area (Å²) in [5, 5.41) is 0. The van der Waals surface area contributed by atoms with E-state index < -0.39 is 0 Å². The molecule has 2 nitrogen and oxygen atoms in total. The van der Waals surface area contributed by atoms with E-state index in [4.69, 9.17) is 6.57 Å². The standard InChI is InChI=1S/C10H5BrN2S/c1-12-7-2-3-8(13-6-7)9-4-5-10(11)14-9/h2-6H. The zero-order valence-corrected chi connectivity index (χ0v) is 9.47. The zero-order chi connectivity index (χ0) is 9.97. The maximum atomic E-state index is 6.80. The Morgan fingerprint density at radius 3 is 2.64 bits per heavy atom. The molecular weight excluding hydrogens is 260 g/mol. The Labute approximate surface area is 94.2 Å². The lowest BCUT2D eigenvalue weighted by Crippen LogP contribution is -1.76. The van der Waals surface area contributed by atoms with E-state index in [9.17, 15) is 0 Å². The molecule has 0 aliphatic carbocycles. The lowest BCUT2D eigenvalue weighted by molar-refractivity contribution is 1.35. The predicted octanol–water partition coefficient (Wildman–Crippen LogP) is 4.12. The summed E-state index contributed by atoms with van der Waals surface area (Å²) in [6.07, 6.45) is 1.59. The fourth-order valence-corrected chi connectivity index (χ4v) is 2.41. The number of pyridine rings is 1. The smallest absolute Gasteiger partial charge is 0.205 e. The fraction of sp³-hybridized carbons (Fsp3) is 0. The van der Waals surface area contributed by atoms with Gasteiger partial charge in [-0.15, -0.1) is 11.3 Å². The van der Waals surface area contributed by atoms with Crippen molar-refractivity contribution in [3.8, 4) is 10.6 Å². The summed E-state index contributed by atoms with van der Waals surface area (Å²) in [5.74, 6) is 0. The second-order valence-electron chi connectivity index (χ2n) is 2.62. The third-order valence-electron chi connectivity index (χ3n) is 1.70. The van der Waals surface area contributed by atoms with E-state index in [0.717, 1.165) is 14.4 Å². The van der Waals surface area contributed by atoms with E-state index >= 15 is 0 Å². The van der Waals surface area contributed by atoms with Gasteiger partial charge in [-0.1, -0.05) is 6.07 Å². The summed E-state index contributed by atoms with van der Waals surface area (Å²) < 4.78 is 1.09. The molecule has 0 bridgehead atoms. The van der Waals surface area contributed by atoms with Crippen LogP contribution in [0.2, 0.25) is 0 Å². The van der Waals surface area contributed by atoms with Gasteiger partial charge in [0, 0.05) is 6.20 Å². The number of hydrogen-bond acceptors (Lipinski definition) is 2. The molecular formula is C10H5BrN2S. The summed E-state index contributed by atoms with van der Waals surface area (Å²) in [6, 6.07) is 7.65. The molecule has 2 aromatic heterocycles. The Morgan fingerprint density at radius 1 is 1.29 bits per heavy atom. The molecule has 0 aliphatic heterocycles. The Kier molecular flexibility index (Phi) is 2.62. The van der Waals surface area contributed by atoms with Crippen LogP contribution >= 0.6 is 27.3 Å². The highest BCUT2D eigenvalue weighted by atomic mass is 79.9. The number of rotatable bonds is 1. The fourth-order valence-electron chi connectivity index (χ4n) is 1.05. The van der Waals surface area contributed by atoms with Gasteiger partial charge < -0.3 is 0 Å². The van der Waals surface area contributed by atoms with Gasteiger partial charge in [-0.25, -0.2) is 4.85 Å². The topological polar surface area (TPSA) is 17.2 Å². The Morgan fingerprint density at radius 2 is 2.14 bits per heavy atom. The third-order valence-corrected chi connectivity index (χ3v) is 3.35. The molecule has 2 rings (SSSR count). The molecule has 0 saturated heterocycles. The van der Waals surface area contributed by atoms with E-state index in [1.54, 1.807) is 23.6 Å². The SMILES string of the molecule is [C-]#[N+]c1ccc(-c2ccc(Br)s2)nc1. The monoisotopic (exact) mass is 264 g/mol. The van der Waals surface area contributed by atoms with Crippen LogP contribution in [-0.4, -0.2) is 4.98 Å². The first kappa shape index (κ1) is 9.38. The highest BCUT2D eigenvalue weighted by Crippen LogP contribution is 2.30. The first-order valence-corrected chi connectivity index (χ1v) is 5.50. The zero-order valence-electron chi connectivity index (χ0n) is 7.07. The number of aromatic nitrogens is 1. The Balaban J connectivity index is 2.39. The van der Waals surface area contributed by atoms with Gasteiger partial charge >= 0.3 is 0 Å². The van der Waals surface area contributed by atoms with Crippen LogP contribution in [-0.2, 0) is 0 Å². The normalized spacial score (nSPS) is 9.71. The molecule has 0 fully saturated rings. The van der Waals surface area contributed by atoms with Crippen molar-refractivity contribution >= 4 is 33.0 Å². The second kappa shape index (κ2) is 3.91. The van der Waals surface area contributed by atoms with Crippen molar-refractivity contribution in [2.24, 2.45) is 0 Å². The van der Waals surface area contributed by atoms with Crippen LogP contribution in [0.4, 0.5) is 5.69 Å². The molecule has 0 amide bonds. The lowest BCUT2D eigenvalue weighted by atomic mass is 10.3. The van der Waals surface area contributed by atoms with Gasteiger partial charge in [0.2, 0.25) is 5.69 Å². The van der Waals surface area contributed by atoms with Crippen LogP contribution in [0, 0.1) is 6.57 Å². The highest BCUT2D eigenvalue weighted by Gasteiger charge is 2.02. The second-order valence-corrected chi connectivity index (χ2v) is 5.08. The molecule has 0 atom stereocenters. The van der Waals surface area contributed by atoms with Gasteiger partial charge in [-0.3, -0.25) is 4.98 Å². The van der Waals surface area contributed by atoms with Crippen LogP contribution < -0.4 is 0 Å². The molecule has 0 unspecified atom stereocenters. The van der Waals surface area contributed by atoms with Gasteiger partial charge in [-0.05, 0) is 34.1 Å². The van der Waals surface area contributed by atoms with E-state index in [-0.39, 0.29) is 0 Å². The van der Waals surface area contributed by atoms with E-state index in [2.05, 4.69) is 25.8 Å². The average molecular weight is 265 g/mol. The number of nitrogens with zero attached hydrogens (tertiary/aromatic N) is 2. The molecule has 0 radical (unpaired) electrons. The van der Waals surface area contributed by atoms with Crippen molar-refractivity contribution in [2.75, 3.05) is 0 Å². The largest absolute Gasteiger partial charge is 0.267 e. The summed E-state index contributed by atoms with van der Waals surface area (Å²) in [7, 11) is 0. The molecule has 4 heteroatoms. The Bertz CT molecular complexity index is 482. The van der Waals surface area contributed by atoms with E-state index in [0.29, 0.717) is 5.69 Å². The van der Waals surface area contributed by atoms with Crippen molar-refractivity contribution in [3.05, 3.63) is 45.7 Å². The molecule has 0 saturated carbocycles. The van der Waals surface area contributed by atoms with Crippen LogP contribution in [0.15, 0.2) is 34.2 Å². The van der Waals surface area contributed by atoms with Gasteiger partial charge in [0.1, 0.15) is 0 Å². The summed E-state index contributed by atoms with van der Waals surface area (Å²) >= 11 is 5.03. The molecule has 0 spiro atoms. The molecule has 0 aromatic carbocycles. The number of halogens is 1. The van der Waals surface area contributed by atoms with Crippen molar-refractivity contribution in [3.63, 3.8) is 0 Å². The summed E-state index contributed by atoms with van der Waals surface area (Å²) in [6.45, 7) is 6.80. The lowest BCUT2D eigenvalue weighted by Gasteiger charge is -1.95. The average Bonchev–Trinajstić information content (AvgIpc) is 2.65. The Hall–Kier alpha value is -1.18. The predicted molar refractivity (Wildman–Crippen MR) is 61.5 cm³/mol. The summed E-state index contributed by atoms with van der Waals surface area (Å²) in [4.78, 5) is 8.61. The highest BCUT2D eigenvalue weighted by molar-refractivity contribution is 9.11. The molecule has 0 aliphatic rings. The van der Waals surface area contributed by atoms with Gasteiger partial charge in [0.15, 0.2) is 0 Å². The van der Waals surface area contributed by atoms with E-state index in [1.165, 1.54) is 0 Å². The first-order valence-electron chi connectivity index (χ1n) is 3.89. The maximum absolute atomic E-state index is 6.80. The molecule has 68 valence electrons. The van der Waals surface area contributed by atoms with Crippen LogP contribution in [0.1, 0.15) is 0 Å². The summed E-state index contributed by atoms with van der Waals surface area (Å²) in [5.41, 5.74) is 1.48. The van der Waals surface area contributed by atoms with Crippen LogP contribution in [0.3, 0.4) is 0 Å². The molecule has 0 N–H and O–H groups in total. The van der Waals surface area contributed by atoms with Crippen molar-refractivity contribution in [1.29, 1.82) is 0 Å². The van der Waals surface area contributed by atoms with Crippen LogP contribution in [0.25, 0.3) is 15.4 Å². The minimum absolute atomic E-state index is 0.573. The third kappa shape index (κ3) is 1.84. The minimum Gasteiger partial charge on any atom is -0.267 e. The quantitative estimate of drug-likeness (QED) is 0.709. The molecule has 14 heavy (non-hydrogen) atoms. The number of thiophene rings is 1. The van der Waals surface area contributed by atoms with E-state index in [1.807, 2.05) is 18.2 Å².